The summed E-state index contributed by atoms with van der Waals surface area (Å²) >= 11 is 0. The summed E-state index contributed by atoms with van der Waals surface area (Å²) in [7, 11) is 2.76. The molecule has 4 heteroatoms. The second kappa shape index (κ2) is 4.40. The number of carbonyl (C=O) groups is 1. The lowest BCUT2D eigenvalue weighted by Crippen LogP contribution is -2.46. The Morgan fingerprint density at radius 2 is 2.25 bits per heavy atom. The number of nitrogens with zero attached hydrogens (tertiary/aromatic N) is 1. The summed E-state index contributed by atoms with van der Waals surface area (Å²) in [5.74, 6) is 1.01. The highest BCUT2D eigenvalue weighted by molar-refractivity contribution is 6.35. The van der Waals surface area contributed by atoms with Crippen molar-refractivity contribution in [3.8, 4) is 0 Å². The van der Waals surface area contributed by atoms with E-state index in [0.29, 0.717) is 23.2 Å². The van der Waals surface area contributed by atoms with Crippen molar-refractivity contribution in [3.63, 3.8) is 0 Å². The van der Waals surface area contributed by atoms with Gasteiger partial charge in [0.2, 0.25) is 13.3 Å². The number of amides is 1. The van der Waals surface area contributed by atoms with Crippen molar-refractivity contribution >= 4 is 13.3 Å². The molecule has 3 atom stereocenters. The monoisotopic (exact) mass is 222 g/mol. The Morgan fingerprint density at radius 3 is 2.94 bits per heavy atom. The number of hydrogen-bond donors (Lipinski definition) is 1. The fraction of sp³-hybridized carbons (Fsp3) is 0.917. The average Bonchev–Trinajstić information content (AvgIpc) is 2.44. The Bertz CT molecular complexity index is 284. The maximum Gasteiger partial charge on any atom is 0.222 e. The first-order valence-electron chi connectivity index (χ1n) is 6.51. The number of carbonyl (C=O) groups excluding carboxylic acids is 1. The third-order valence-electron chi connectivity index (χ3n) is 4.69. The van der Waals surface area contributed by atoms with Crippen molar-refractivity contribution in [2.24, 2.45) is 11.6 Å². The van der Waals surface area contributed by atoms with Crippen LogP contribution < -0.4 is 5.64 Å². The van der Waals surface area contributed by atoms with Crippen LogP contribution in [-0.2, 0) is 4.79 Å². The Kier molecular flexibility index (Phi) is 3.29. The number of nitrogens with two attached hydrogens (primary N) is 1. The van der Waals surface area contributed by atoms with Crippen LogP contribution in [0.15, 0.2) is 0 Å². The predicted octanol–water partition coefficient (Wildman–Crippen LogP) is 1.29. The lowest BCUT2D eigenvalue weighted by Gasteiger charge is -2.40. The van der Waals surface area contributed by atoms with Crippen LogP contribution in [0.3, 0.4) is 0 Å². The van der Waals surface area contributed by atoms with Gasteiger partial charge in [-0.05, 0) is 30.5 Å². The molecule has 90 valence electrons. The van der Waals surface area contributed by atoms with E-state index in [0.717, 1.165) is 20.3 Å². The van der Waals surface area contributed by atoms with E-state index < -0.39 is 0 Å². The van der Waals surface area contributed by atoms with E-state index in [4.69, 9.17) is 5.64 Å². The third-order valence-corrected chi connectivity index (χ3v) is 4.69. The van der Waals surface area contributed by atoms with Crippen molar-refractivity contribution in [2.75, 3.05) is 7.05 Å². The Balaban J connectivity index is 2.13. The maximum atomic E-state index is 11.7. The third kappa shape index (κ3) is 2.12. The van der Waals surface area contributed by atoms with Crippen LogP contribution in [0.5, 0.6) is 0 Å². The molecule has 1 saturated carbocycles. The summed E-state index contributed by atoms with van der Waals surface area (Å²) < 4.78 is 0. The maximum absolute atomic E-state index is 11.7. The van der Waals surface area contributed by atoms with Gasteiger partial charge in [0.05, 0.1) is 0 Å². The van der Waals surface area contributed by atoms with E-state index in [1.807, 2.05) is 11.9 Å². The zero-order valence-corrected chi connectivity index (χ0v) is 10.5. The summed E-state index contributed by atoms with van der Waals surface area (Å²) in [5, 5.41) is 0.306. The number of piperidine rings is 1. The summed E-state index contributed by atoms with van der Waals surface area (Å²) in [5.41, 5.74) is 5.91. The second-order valence-electron chi connectivity index (χ2n) is 5.98. The van der Waals surface area contributed by atoms with Gasteiger partial charge in [-0.1, -0.05) is 19.8 Å². The first-order chi connectivity index (χ1) is 7.56. The van der Waals surface area contributed by atoms with Gasteiger partial charge in [0, 0.05) is 19.5 Å². The molecule has 2 aliphatic rings. The molecule has 16 heavy (non-hydrogen) atoms. The molecule has 1 aliphatic carbocycles. The first-order valence-corrected chi connectivity index (χ1v) is 6.51. The lowest BCUT2D eigenvalue weighted by molar-refractivity contribution is -0.137. The van der Waals surface area contributed by atoms with Gasteiger partial charge in [-0.15, -0.1) is 0 Å². The molecule has 0 radical (unpaired) electrons. The van der Waals surface area contributed by atoms with Gasteiger partial charge < -0.3 is 10.5 Å². The Hall–Kier alpha value is -0.505. The van der Waals surface area contributed by atoms with E-state index in [2.05, 4.69) is 6.92 Å². The molecule has 2 N–H and O–H groups in total. The molecule has 0 aromatic heterocycles. The lowest BCUT2D eigenvalue weighted by atomic mass is 9.57. The van der Waals surface area contributed by atoms with Crippen molar-refractivity contribution in [2.45, 2.75) is 56.8 Å². The average molecular weight is 222 g/mol. The van der Waals surface area contributed by atoms with Gasteiger partial charge >= 0.3 is 0 Å². The molecule has 0 spiro atoms. The standard InChI is InChI=1S/C12H23BN2O/c1-12(13-14)7-3-4-10-9(8-12)5-6-11(16)15(10)2/h9-10,13H,3-8,14H2,1-2H3. The molecule has 1 saturated heterocycles. The van der Waals surface area contributed by atoms with Crippen LogP contribution in [0.4, 0.5) is 0 Å². The highest BCUT2D eigenvalue weighted by Crippen LogP contribution is 2.45. The molecule has 0 aromatic rings. The molecule has 3 unspecified atom stereocenters. The molecule has 0 aromatic carbocycles. The zero-order chi connectivity index (χ0) is 11.8. The van der Waals surface area contributed by atoms with Crippen LogP contribution in [0.1, 0.15) is 45.4 Å². The van der Waals surface area contributed by atoms with Crippen LogP contribution >= 0.6 is 0 Å². The SMILES string of the molecule is CN1C(=O)CCC2CC(C)(BN)CCCC21. The first kappa shape index (κ1) is 12.0. The predicted molar refractivity (Wildman–Crippen MR) is 67.5 cm³/mol. The molecular weight excluding hydrogens is 199 g/mol. The highest BCUT2D eigenvalue weighted by atomic mass is 16.2. The molecule has 1 aliphatic heterocycles. The van der Waals surface area contributed by atoms with E-state index in [1.165, 1.54) is 25.7 Å². The largest absolute Gasteiger partial charge is 0.372 e. The van der Waals surface area contributed by atoms with E-state index in [9.17, 15) is 4.79 Å². The Morgan fingerprint density at radius 1 is 1.50 bits per heavy atom. The van der Waals surface area contributed by atoms with E-state index in [-0.39, 0.29) is 0 Å². The minimum atomic E-state index is 0.306. The van der Waals surface area contributed by atoms with Crippen LogP contribution in [0, 0.1) is 5.92 Å². The molecule has 1 amide bonds. The van der Waals surface area contributed by atoms with Crippen LogP contribution in [0.25, 0.3) is 0 Å². The van der Waals surface area contributed by atoms with Crippen molar-refractivity contribution in [3.05, 3.63) is 0 Å². The normalized spacial score (nSPS) is 40.2. The molecule has 3 nitrogen and oxygen atoms in total. The van der Waals surface area contributed by atoms with Gasteiger partial charge in [0.1, 0.15) is 0 Å². The van der Waals surface area contributed by atoms with Gasteiger partial charge in [-0.3, -0.25) is 4.79 Å². The highest BCUT2D eigenvalue weighted by Gasteiger charge is 2.40. The van der Waals surface area contributed by atoms with Gasteiger partial charge in [0.25, 0.3) is 0 Å². The summed E-state index contributed by atoms with van der Waals surface area (Å²) in [6.45, 7) is 2.31. The Labute approximate surface area is 99.0 Å². The molecular formula is C12H23BN2O. The summed E-state index contributed by atoms with van der Waals surface area (Å²) in [6, 6.07) is 0.481. The van der Waals surface area contributed by atoms with Crippen molar-refractivity contribution in [1.29, 1.82) is 0 Å². The van der Waals surface area contributed by atoms with Gasteiger partial charge in [-0.25, -0.2) is 0 Å². The minimum absolute atomic E-state index is 0.306. The van der Waals surface area contributed by atoms with Crippen LogP contribution in [0.2, 0.25) is 5.31 Å². The summed E-state index contributed by atoms with van der Waals surface area (Å²) in [4.78, 5) is 13.7. The fourth-order valence-corrected chi connectivity index (χ4v) is 3.50. The quantitative estimate of drug-likeness (QED) is 0.679. The van der Waals surface area contributed by atoms with Crippen molar-refractivity contribution in [1.82, 2.24) is 4.90 Å². The van der Waals surface area contributed by atoms with Crippen LogP contribution in [-0.4, -0.2) is 31.3 Å². The molecule has 2 fully saturated rings. The summed E-state index contributed by atoms with van der Waals surface area (Å²) in [6.07, 6.45) is 6.61. The molecule has 1 heterocycles. The van der Waals surface area contributed by atoms with Gasteiger partial charge in [-0.2, -0.15) is 0 Å². The molecule has 2 rings (SSSR count). The topological polar surface area (TPSA) is 46.3 Å². The smallest absolute Gasteiger partial charge is 0.222 e. The number of likely N-dealkylation sites (tertiary alicyclic amines) is 1. The van der Waals surface area contributed by atoms with E-state index >= 15 is 0 Å². The number of rotatable bonds is 1. The fourth-order valence-electron chi connectivity index (χ4n) is 3.50. The second-order valence-corrected chi connectivity index (χ2v) is 5.98. The number of hydrogen-bond acceptors (Lipinski definition) is 2. The zero-order valence-electron chi connectivity index (χ0n) is 10.5. The van der Waals surface area contributed by atoms with Gasteiger partial charge in [0.15, 0.2) is 0 Å². The molecule has 0 bridgehead atoms. The minimum Gasteiger partial charge on any atom is -0.372 e. The number of fused-ring (bicyclic) bond motifs is 1. The van der Waals surface area contributed by atoms with Crippen molar-refractivity contribution < 1.29 is 4.79 Å². The van der Waals surface area contributed by atoms with E-state index in [1.54, 1.807) is 0 Å².